The van der Waals surface area contributed by atoms with Crippen LogP contribution in [0.5, 0.6) is 23.0 Å². The highest BCUT2D eigenvalue weighted by atomic mass is 19.4. The lowest BCUT2D eigenvalue weighted by atomic mass is 9.72. The molecule has 8 aromatic carbocycles. The summed E-state index contributed by atoms with van der Waals surface area (Å²) in [7, 11) is 0. The third-order valence-electron chi connectivity index (χ3n) is 20.7. The molecule has 46 heteroatoms. The van der Waals surface area contributed by atoms with Crippen LogP contribution < -0.4 is 40.6 Å². The van der Waals surface area contributed by atoms with Crippen LogP contribution in [-0.4, -0.2) is 165 Å². The Hall–Kier alpha value is -14.5. The van der Waals surface area contributed by atoms with E-state index in [9.17, 15) is 131 Å². The van der Waals surface area contributed by atoms with Crippen LogP contribution in [0.15, 0.2) is 212 Å². The Morgan fingerprint density at radius 3 is 1.04 bits per heavy atom. The predicted molar refractivity (Wildman–Crippen MR) is 452 cm³/mol. The standard InChI is InChI=1S/2C24H21F4N3O3.C23H18F7N3O3.C22H16F7N3O3/c25-16-6-2-5-15(11-16)23-30-20(14-7-9-17(10-8-14)34-24(26,27)28)19(21(31-23)22(29)33)18(12-32)13-3-1-4-13;25-16-5-3-4-15(12-16)22-29-19(14-8-10-17(11-9-14)34-24(26,27)28)13-20(30-22)23(33)31-18-6-1-2-7-21(18)32;1-21(2,35)20(22(25,26)27)33-19(34)17-11-16(12-6-8-15(9-7-12)36-23(28,29)30)31-18(32-17)13-4-3-5-14(24)10-13;23-14-3-1-2-13(10-14)19-30-16(12-4-6-15(7-5-12)35-22(27,28)29)11-17(31-19)20(34)32-18(8-9-33)21(24,25)26/h2,5-11,13,18,32H,1,3-4,12H2,(H2,29,33);3-5,8-13,18,21,32H,1-2,6-7H2,(H,31,33);3-11,20,35H,1-2H3,(H,33,34);1-7,10-11,18,33H,8-9H2,(H,32,34)/t;18-,21-;20-;/m.01./s1. The number of alkyl halides is 18. The van der Waals surface area contributed by atoms with Crippen molar-refractivity contribution in [3.63, 3.8) is 0 Å². The number of ether oxygens (including phenoxy) is 4. The lowest BCUT2D eigenvalue weighted by molar-refractivity contribution is -0.275. The molecule has 2 saturated carbocycles. The maximum Gasteiger partial charge on any atom is 0.573 e. The molecule has 2 unspecified atom stereocenters. The third-order valence-corrected chi connectivity index (χ3v) is 20.7. The number of amides is 4. The Labute approximate surface area is 772 Å². The fraction of sp³-hybridized carbons (Fsp3) is 0.269. The fourth-order valence-electron chi connectivity index (χ4n) is 14.1. The van der Waals surface area contributed by atoms with E-state index < -0.39 is 168 Å². The van der Waals surface area contributed by atoms with Crippen LogP contribution in [0, 0.1) is 29.2 Å². The Morgan fingerprint density at radius 2 is 0.741 bits per heavy atom. The SMILES string of the molecule is CC(C)(O)[C@@H](NC(=O)c1cc(-c2ccc(OC(F)(F)F)cc2)nc(-c2cccc(F)c2)n1)C(F)(F)F.NC(=O)c1nc(-c2cccc(F)c2)nc(-c2ccc(OC(F)(F)F)cc2)c1C(CO)C1CCC1.O=C(NC(CCO)C(F)(F)F)c1cc(-c2ccc(OC(F)(F)F)cc2)nc(-c2cccc(F)c2)n1.O=C(N[C@H]1CCCC[C@@H]1O)c1cc(-c2ccc(OC(F)(F)F)cc2)nc(-c2cccc(F)c2)n1. The summed E-state index contributed by atoms with van der Waals surface area (Å²) in [5.41, 5.74) is 4.67. The molecule has 5 atom stereocenters. The second-order valence-electron chi connectivity index (χ2n) is 31.3. The Balaban J connectivity index is 0.000000177. The molecule has 2 aliphatic carbocycles. The number of aliphatic hydroxyl groups is 4. The average Bonchev–Trinajstić information content (AvgIpc) is 0.759. The first-order chi connectivity index (χ1) is 65.2. The van der Waals surface area contributed by atoms with Gasteiger partial charge in [0.2, 0.25) is 0 Å². The van der Waals surface area contributed by atoms with Crippen molar-refractivity contribution in [1.29, 1.82) is 0 Å². The number of aromatic nitrogens is 8. The number of nitrogens with two attached hydrogens (primary N) is 1. The number of hydrogen-bond donors (Lipinski definition) is 8. The van der Waals surface area contributed by atoms with Crippen molar-refractivity contribution < 1.29 is 155 Å². The van der Waals surface area contributed by atoms with E-state index in [-0.39, 0.29) is 97.8 Å². The highest BCUT2D eigenvalue weighted by Crippen LogP contribution is 2.45. The number of rotatable bonds is 25. The number of aliphatic hydroxyl groups excluding tert-OH is 3. The van der Waals surface area contributed by atoms with Gasteiger partial charge in [-0.3, -0.25) is 19.2 Å². The molecule has 139 heavy (non-hydrogen) atoms. The Kier molecular flexibility index (Phi) is 33.4. The lowest BCUT2D eigenvalue weighted by Gasteiger charge is -2.34. The quantitative estimate of drug-likeness (QED) is 0.0246. The molecule has 2 aliphatic rings. The monoisotopic (exact) mass is 1970 g/mol. The molecule has 0 saturated heterocycles. The van der Waals surface area contributed by atoms with Crippen molar-refractivity contribution in [1.82, 2.24) is 55.8 Å². The Bertz CT molecular complexity index is 6280. The van der Waals surface area contributed by atoms with Gasteiger partial charge in [0.15, 0.2) is 29.3 Å². The molecule has 9 N–H and O–H groups in total. The van der Waals surface area contributed by atoms with Gasteiger partial charge in [-0.15, -0.1) is 52.7 Å². The molecule has 0 spiro atoms. The summed E-state index contributed by atoms with van der Waals surface area (Å²) in [6.45, 7) is 0.579. The van der Waals surface area contributed by atoms with Crippen LogP contribution in [0.4, 0.5) is 96.6 Å². The van der Waals surface area contributed by atoms with Gasteiger partial charge in [0, 0.05) is 62.6 Å². The van der Waals surface area contributed by atoms with Gasteiger partial charge in [0.1, 0.15) is 75.1 Å². The minimum atomic E-state index is -5.01. The van der Waals surface area contributed by atoms with Crippen LogP contribution in [0.3, 0.4) is 0 Å². The topological polar surface area (TPSA) is 351 Å². The zero-order valence-electron chi connectivity index (χ0n) is 71.8. The third kappa shape index (κ3) is 30.2. The molecule has 2 fully saturated rings. The summed E-state index contributed by atoms with van der Waals surface area (Å²) in [6, 6.07) is 37.3. The molecule has 4 aromatic heterocycles. The van der Waals surface area contributed by atoms with Crippen LogP contribution in [0.25, 0.3) is 90.6 Å². The number of nitrogens with one attached hydrogen (secondary N) is 3. The van der Waals surface area contributed by atoms with Gasteiger partial charge in [-0.05, 0) is 216 Å². The Morgan fingerprint density at radius 1 is 0.403 bits per heavy atom. The van der Waals surface area contributed by atoms with Crippen molar-refractivity contribution in [2.75, 3.05) is 13.2 Å². The lowest BCUT2D eigenvalue weighted by Crippen LogP contribution is -2.57. The van der Waals surface area contributed by atoms with Crippen molar-refractivity contribution in [3.8, 4) is 114 Å². The molecule has 734 valence electrons. The molecule has 0 aliphatic heterocycles. The molecule has 4 amide bonds. The van der Waals surface area contributed by atoms with Gasteiger partial charge in [-0.25, -0.2) is 57.4 Å². The van der Waals surface area contributed by atoms with E-state index >= 15 is 0 Å². The maximum absolute atomic E-state index is 13.9. The van der Waals surface area contributed by atoms with E-state index in [0.717, 1.165) is 131 Å². The number of benzene rings is 8. The first-order valence-electron chi connectivity index (χ1n) is 41.3. The number of carbonyl (C=O) groups is 4. The molecular weight excluding hydrogens is 1900 g/mol. The minimum Gasteiger partial charge on any atom is -0.406 e. The second kappa shape index (κ2) is 44.3. The largest absolute Gasteiger partial charge is 0.573 e. The van der Waals surface area contributed by atoms with Crippen LogP contribution in [0.2, 0.25) is 0 Å². The number of hydrogen-bond acceptors (Lipinski definition) is 20. The number of primary amides is 1. The summed E-state index contributed by atoms with van der Waals surface area (Å²) in [5, 5.41) is 45.4. The van der Waals surface area contributed by atoms with Crippen LogP contribution in [0.1, 0.15) is 119 Å². The van der Waals surface area contributed by atoms with Gasteiger partial charge in [0.05, 0.1) is 47.1 Å². The van der Waals surface area contributed by atoms with E-state index in [1.165, 1.54) is 115 Å². The van der Waals surface area contributed by atoms with Gasteiger partial charge < -0.3 is 61.1 Å². The zero-order valence-corrected chi connectivity index (χ0v) is 71.8. The summed E-state index contributed by atoms with van der Waals surface area (Å²) in [5.74, 6) is -9.06. The van der Waals surface area contributed by atoms with Crippen LogP contribution >= 0.6 is 0 Å². The minimum absolute atomic E-state index is 0.0161. The predicted octanol–water partition coefficient (Wildman–Crippen LogP) is 19.9. The summed E-state index contributed by atoms with van der Waals surface area (Å²) in [6.07, 6.45) is -25.3. The van der Waals surface area contributed by atoms with E-state index in [1.54, 1.807) is 22.8 Å². The van der Waals surface area contributed by atoms with E-state index in [2.05, 4.69) is 64.1 Å². The summed E-state index contributed by atoms with van der Waals surface area (Å²) >= 11 is 0. The second-order valence-corrected chi connectivity index (χ2v) is 31.3. The van der Waals surface area contributed by atoms with Crippen molar-refractivity contribution >= 4 is 23.6 Å². The van der Waals surface area contributed by atoms with Gasteiger partial charge in [-0.2, -0.15) is 26.3 Å². The molecule has 4 heterocycles. The van der Waals surface area contributed by atoms with Gasteiger partial charge in [-0.1, -0.05) is 67.8 Å². The van der Waals surface area contributed by atoms with Crippen molar-refractivity contribution in [2.45, 2.75) is 139 Å². The first kappa shape index (κ1) is 105. The summed E-state index contributed by atoms with van der Waals surface area (Å²) < 4.78 is 300. The molecular formula is C93H76F22N12O12. The molecule has 0 radical (unpaired) electrons. The number of nitrogens with zero attached hydrogens (tertiary/aromatic N) is 8. The zero-order chi connectivity index (χ0) is 101. The van der Waals surface area contributed by atoms with Crippen molar-refractivity contribution in [2.24, 2.45) is 11.7 Å². The highest BCUT2D eigenvalue weighted by molar-refractivity contribution is 5.97. The number of halogens is 22. The van der Waals surface area contributed by atoms with Crippen molar-refractivity contribution in [3.05, 3.63) is 264 Å². The van der Waals surface area contributed by atoms with Gasteiger partial charge >= 0.3 is 37.8 Å². The number of carbonyl (C=O) groups excluding carboxylic acids is 4. The molecule has 0 bridgehead atoms. The first-order valence-corrected chi connectivity index (χ1v) is 41.3. The fourth-order valence-corrected chi connectivity index (χ4v) is 14.1. The molecule has 14 rings (SSSR count). The van der Waals surface area contributed by atoms with E-state index in [0.29, 0.717) is 35.1 Å². The molecule has 24 nitrogen and oxygen atoms in total. The maximum atomic E-state index is 13.9. The normalized spacial score (nSPS) is 14.8. The highest BCUT2D eigenvalue weighted by Gasteiger charge is 2.50. The van der Waals surface area contributed by atoms with E-state index in [4.69, 9.17) is 10.8 Å². The van der Waals surface area contributed by atoms with Crippen LogP contribution in [-0.2, 0) is 0 Å². The smallest absolute Gasteiger partial charge is 0.406 e. The molecule has 12 aromatic rings. The van der Waals surface area contributed by atoms with E-state index in [1.807, 2.05) is 0 Å². The average molecular weight is 1970 g/mol. The summed E-state index contributed by atoms with van der Waals surface area (Å²) in [4.78, 5) is 84.6. The van der Waals surface area contributed by atoms with Gasteiger partial charge in [0.25, 0.3) is 23.6 Å².